The second-order valence-electron chi connectivity index (χ2n) is 7.08. The second-order valence-corrected chi connectivity index (χ2v) is 7.08. The van der Waals surface area contributed by atoms with E-state index in [0.717, 1.165) is 25.0 Å². The zero-order chi connectivity index (χ0) is 20.8. The third-order valence-electron chi connectivity index (χ3n) is 5.09. The molecule has 0 saturated carbocycles. The highest BCUT2D eigenvalue weighted by molar-refractivity contribution is 5.79. The minimum absolute atomic E-state index is 0.0699. The average Bonchev–Trinajstić information content (AvgIpc) is 2.64. The van der Waals surface area contributed by atoms with Crippen molar-refractivity contribution in [3.63, 3.8) is 0 Å². The Morgan fingerprint density at radius 1 is 1.21 bits per heavy atom. The van der Waals surface area contributed by atoms with Crippen LogP contribution in [0.2, 0.25) is 0 Å². The standard InChI is InChI=1S/C19H28F4N4O/c1-4-24-17(26-13-18(27(2)3)7-9-28-10-8-18)25-12-14-5-6-15(20)11-16(14)19(21,22)23/h5-6,11H,4,7-10,12-13H2,1-3H3,(H2,24,25,26). The van der Waals surface area contributed by atoms with Gasteiger partial charge in [-0.1, -0.05) is 6.07 Å². The summed E-state index contributed by atoms with van der Waals surface area (Å²) in [6.45, 7) is 4.16. The van der Waals surface area contributed by atoms with E-state index in [1.54, 1.807) is 0 Å². The Kier molecular flexibility index (Phi) is 7.65. The fourth-order valence-corrected chi connectivity index (χ4v) is 3.24. The molecule has 0 unspecified atom stereocenters. The molecule has 1 fully saturated rings. The Bertz CT molecular complexity index is 670. The maximum Gasteiger partial charge on any atom is 0.416 e. The molecule has 1 saturated heterocycles. The predicted octanol–water partition coefficient (Wildman–Crippen LogP) is 3.01. The number of aliphatic imine (C=N–C) groups is 1. The molecule has 0 atom stereocenters. The molecule has 2 rings (SSSR count). The number of nitrogens with one attached hydrogen (secondary N) is 2. The van der Waals surface area contributed by atoms with Crippen LogP contribution in [-0.4, -0.2) is 56.8 Å². The molecule has 0 amide bonds. The summed E-state index contributed by atoms with van der Waals surface area (Å²) in [5.74, 6) is -0.495. The first-order valence-corrected chi connectivity index (χ1v) is 9.31. The third kappa shape index (κ3) is 5.81. The second kappa shape index (κ2) is 9.56. The molecule has 0 spiro atoms. The molecule has 5 nitrogen and oxygen atoms in total. The van der Waals surface area contributed by atoms with Gasteiger partial charge in [-0.15, -0.1) is 0 Å². The molecule has 0 radical (unpaired) electrons. The third-order valence-corrected chi connectivity index (χ3v) is 5.09. The van der Waals surface area contributed by atoms with Gasteiger partial charge in [0.15, 0.2) is 5.96 Å². The number of halogens is 4. The summed E-state index contributed by atoms with van der Waals surface area (Å²) in [6.07, 6.45) is -2.93. The maximum atomic E-state index is 13.3. The van der Waals surface area contributed by atoms with Gasteiger partial charge in [0.1, 0.15) is 5.82 Å². The van der Waals surface area contributed by atoms with E-state index in [0.29, 0.717) is 38.3 Å². The lowest BCUT2D eigenvalue weighted by atomic mass is 9.88. The first-order valence-electron chi connectivity index (χ1n) is 9.31. The Balaban J connectivity index is 2.15. The number of hydrogen-bond acceptors (Lipinski definition) is 3. The molecule has 1 aromatic rings. The van der Waals surface area contributed by atoms with Crippen LogP contribution in [0.3, 0.4) is 0 Å². The van der Waals surface area contributed by atoms with Crippen molar-refractivity contribution in [1.29, 1.82) is 0 Å². The first-order chi connectivity index (χ1) is 13.2. The molecule has 1 aromatic carbocycles. The highest BCUT2D eigenvalue weighted by Crippen LogP contribution is 2.33. The number of hydrogen-bond donors (Lipinski definition) is 2. The Morgan fingerprint density at radius 3 is 2.46 bits per heavy atom. The summed E-state index contributed by atoms with van der Waals surface area (Å²) in [7, 11) is 4.01. The van der Waals surface area contributed by atoms with Gasteiger partial charge in [0, 0.05) is 31.8 Å². The number of rotatable bonds is 6. The number of benzene rings is 1. The Labute approximate surface area is 163 Å². The van der Waals surface area contributed by atoms with Crippen molar-refractivity contribution in [2.24, 2.45) is 4.99 Å². The van der Waals surface area contributed by atoms with Gasteiger partial charge in [-0.25, -0.2) is 9.38 Å². The maximum absolute atomic E-state index is 13.3. The summed E-state index contributed by atoms with van der Waals surface area (Å²) in [6, 6.07) is 2.66. The van der Waals surface area contributed by atoms with Gasteiger partial charge < -0.3 is 20.3 Å². The average molecular weight is 404 g/mol. The van der Waals surface area contributed by atoms with Crippen molar-refractivity contribution < 1.29 is 22.3 Å². The van der Waals surface area contributed by atoms with Crippen LogP contribution in [0.4, 0.5) is 17.6 Å². The van der Waals surface area contributed by atoms with E-state index in [9.17, 15) is 17.6 Å². The molecule has 0 aliphatic carbocycles. The van der Waals surface area contributed by atoms with E-state index in [-0.39, 0.29) is 17.6 Å². The van der Waals surface area contributed by atoms with Gasteiger partial charge in [-0.05, 0) is 51.6 Å². The molecule has 0 aromatic heterocycles. The highest BCUT2D eigenvalue weighted by Gasteiger charge is 2.35. The van der Waals surface area contributed by atoms with E-state index < -0.39 is 17.6 Å². The van der Waals surface area contributed by atoms with E-state index >= 15 is 0 Å². The minimum atomic E-state index is -4.63. The number of likely N-dealkylation sites (N-methyl/N-ethyl adjacent to an activating group) is 1. The van der Waals surface area contributed by atoms with Crippen molar-refractivity contribution in [2.75, 3.05) is 40.4 Å². The van der Waals surface area contributed by atoms with Crippen molar-refractivity contribution in [2.45, 2.75) is 38.0 Å². The van der Waals surface area contributed by atoms with Gasteiger partial charge in [-0.3, -0.25) is 0 Å². The van der Waals surface area contributed by atoms with E-state index in [4.69, 9.17) is 4.74 Å². The lowest BCUT2D eigenvalue weighted by Gasteiger charge is -2.43. The van der Waals surface area contributed by atoms with Gasteiger partial charge in [0.2, 0.25) is 0 Å². The predicted molar refractivity (Wildman–Crippen MR) is 101 cm³/mol. The van der Waals surface area contributed by atoms with Gasteiger partial charge in [0.25, 0.3) is 0 Å². The van der Waals surface area contributed by atoms with Crippen LogP contribution in [0.1, 0.15) is 30.9 Å². The molecule has 1 heterocycles. The molecular weight excluding hydrogens is 376 g/mol. The van der Waals surface area contributed by atoms with Crippen molar-refractivity contribution in [1.82, 2.24) is 15.5 Å². The molecule has 158 valence electrons. The topological polar surface area (TPSA) is 48.9 Å². The summed E-state index contributed by atoms with van der Waals surface area (Å²) in [4.78, 5) is 6.43. The first kappa shape index (κ1) is 22.4. The van der Waals surface area contributed by atoms with Crippen molar-refractivity contribution >= 4 is 5.96 Å². The van der Waals surface area contributed by atoms with Crippen LogP contribution >= 0.6 is 0 Å². The van der Waals surface area contributed by atoms with Crippen molar-refractivity contribution in [3.05, 3.63) is 35.1 Å². The summed E-state index contributed by atoms with van der Waals surface area (Å²) < 4.78 is 58.2. The van der Waals surface area contributed by atoms with Crippen LogP contribution in [0.5, 0.6) is 0 Å². The van der Waals surface area contributed by atoms with E-state index in [1.807, 2.05) is 21.0 Å². The lowest BCUT2D eigenvalue weighted by molar-refractivity contribution is -0.138. The Morgan fingerprint density at radius 2 is 1.89 bits per heavy atom. The summed E-state index contributed by atoms with van der Waals surface area (Å²) >= 11 is 0. The summed E-state index contributed by atoms with van der Waals surface area (Å²) in [5, 5.41) is 6.29. The largest absolute Gasteiger partial charge is 0.416 e. The van der Waals surface area contributed by atoms with E-state index in [1.165, 1.54) is 0 Å². The van der Waals surface area contributed by atoms with Crippen LogP contribution < -0.4 is 10.6 Å². The molecule has 28 heavy (non-hydrogen) atoms. The lowest BCUT2D eigenvalue weighted by Crippen LogP contribution is -2.57. The Hall–Kier alpha value is -1.87. The molecule has 9 heteroatoms. The fourth-order valence-electron chi connectivity index (χ4n) is 3.24. The number of ether oxygens (including phenoxy) is 1. The quantitative estimate of drug-likeness (QED) is 0.435. The number of guanidine groups is 1. The zero-order valence-corrected chi connectivity index (χ0v) is 16.5. The smallest absolute Gasteiger partial charge is 0.381 e. The monoisotopic (exact) mass is 404 g/mol. The molecular formula is C19H28F4N4O. The SMILES string of the molecule is CCNC(=NCc1ccc(F)cc1C(F)(F)F)NCC1(N(C)C)CCOCC1. The van der Waals surface area contributed by atoms with Gasteiger partial charge in [0.05, 0.1) is 12.1 Å². The van der Waals surface area contributed by atoms with E-state index in [2.05, 4.69) is 20.5 Å². The molecule has 0 bridgehead atoms. The van der Waals surface area contributed by atoms with Gasteiger partial charge in [-0.2, -0.15) is 13.2 Å². The van der Waals surface area contributed by atoms with Crippen LogP contribution in [0.15, 0.2) is 23.2 Å². The number of nitrogens with zero attached hydrogens (tertiary/aromatic N) is 2. The van der Waals surface area contributed by atoms with Gasteiger partial charge >= 0.3 is 6.18 Å². The van der Waals surface area contributed by atoms with Crippen LogP contribution in [0, 0.1) is 5.82 Å². The molecule has 1 aliphatic heterocycles. The van der Waals surface area contributed by atoms with Crippen LogP contribution in [-0.2, 0) is 17.5 Å². The normalized spacial score (nSPS) is 17.6. The molecule has 1 aliphatic rings. The number of alkyl halides is 3. The van der Waals surface area contributed by atoms with Crippen molar-refractivity contribution in [3.8, 4) is 0 Å². The van der Waals surface area contributed by atoms with Crippen LogP contribution in [0.25, 0.3) is 0 Å². The summed E-state index contributed by atoms with van der Waals surface area (Å²) in [5.41, 5.74) is -1.18. The minimum Gasteiger partial charge on any atom is -0.381 e. The molecule has 2 N–H and O–H groups in total. The fraction of sp³-hybridized carbons (Fsp3) is 0.632. The zero-order valence-electron chi connectivity index (χ0n) is 16.5. The highest BCUT2D eigenvalue weighted by atomic mass is 19.4.